The summed E-state index contributed by atoms with van der Waals surface area (Å²) < 4.78 is 39.6. The summed E-state index contributed by atoms with van der Waals surface area (Å²) >= 11 is 1.27. The van der Waals surface area contributed by atoms with Crippen LogP contribution >= 0.6 is 11.8 Å². The van der Waals surface area contributed by atoms with Gasteiger partial charge < -0.3 is 14.0 Å². The lowest BCUT2D eigenvalue weighted by atomic mass is 10.2. The van der Waals surface area contributed by atoms with Crippen molar-refractivity contribution in [1.29, 1.82) is 0 Å². The molecule has 31 heavy (non-hydrogen) atoms. The number of hydrogen-bond acceptors (Lipinski definition) is 8. The van der Waals surface area contributed by atoms with Crippen LogP contribution in [0.25, 0.3) is 11.4 Å². The zero-order valence-electron chi connectivity index (χ0n) is 18.1. The molecule has 2 aromatic rings. The number of nitrogens with zero attached hydrogens (tertiary/aromatic N) is 4. The molecule has 0 saturated carbocycles. The number of sulfonamides is 1. The van der Waals surface area contributed by atoms with Gasteiger partial charge in [0.1, 0.15) is 5.25 Å². The third-order valence-corrected chi connectivity index (χ3v) is 7.73. The standard InChI is InChI=1S/C20H28N4O5S2/c1-14(2)13-24-18(21-22-20(24)30-15(3)19(25)28-4)16-6-5-7-17(12-16)31(26,27)23-8-10-29-11-9-23/h5-7,12,14-15H,8-11,13H2,1-4H3. The topological polar surface area (TPSA) is 104 Å². The molecule has 1 aliphatic rings. The second-order valence-corrected chi connectivity index (χ2v) is 10.9. The molecule has 1 fully saturated rings. The number of thioether (sulfide) groups is 1. The number of benzene rings is 1. The molecule has 1 aromatic heterocycles. The Balaban J connectivity index is 1.97. The molecule has 0 spiro atoms. The van der Waals surface area contributed by atoms with Crippen LogP contribution in [0.1, 0.15) is 20.8 Å². The number of carbonyl (C=O) groups is 1. The highest BCUT2D eigenvalue weighted by atomic mass is 32.2. The Morgan fingerprint density at radius 3 is 2.58 bits per heavy atom. The van der Waals surface area contributed by atoms with Crippen LogP contribution in [0, 0.1) is 5.92 Å². The minimum Gasteiger partial charge on any atom is -0.468 e. The van der Waals surface area contributed by atoms with Gasteiger partial charge in [-0.25, -0.2) is 8.42 Å². The summed E-state index contributed by atoms with van der Waals surface area (Å²) in [6, 6.07) is 6.74. The van der Waals surface area contributed by atoms with Gasteiger partial charge >= 0.3 is 5.97 Å². The monoisotopic (exact) mass is 468 g/mol. The van der Waals surface area contributed by atoms with Crippen molar-refractivity contribution in [3.63, 3.8) is 0 Å². The average molecular weight is 469 g/mol. The zero-order chi connectivity index (χ0) is 22.6. The van der Waals surface area contributed by atoms with E-state index in [0.29, 0.717) is 55.3 Å². The highest BCUT2D eigenvalue weighted by Gasteiger charge is 2.27. The maximum absolute atomic E-state index is 13.1. The summed E-state index contributed by atoms with van der Waals surface area (Å²) in [5.74, 6) is 0.513. The number of carbonyl (C=O) groups excluding carboxylic acids is 1. The Morgan fingerprint density at radius 2 is 1.94 bits per heavy atom. The Kier molecular flexibility index (Phi) is 7.73. The number of ether oxygens (including phenoxy) is 2. The van der Waals surface area contributed by atoms with Crippen LogP contribution in [-0.2, 0) is 30.8 Å². The van der Waals surface area contributed by atoms with Crippen molar-refractivity contribution in [3.8, 4) is 11.4 Å². The lowest BCUT2D eigenvalue weighted by Gasteiger charge is -2.26. The Bertz CT molecular complexity index is 1020. The van der Waals surface area contributed by atoms with Gasteiger partial charge in [0.2, 0.25) is 10.0 Å². The van der Waals surface area contributed by atoms with Gasteiger partial charge in [0, 0.05) is 25.2 Å². The lowest BCUT2D eigenvalue weighted by molar-refractivity contribution is -0.139. The van der Waals surface area contributed by atoms with E-state index in [9.17, 15) is 13.2 Å². The van der Waals surface area contributed by atoms with Gasteiger partial charge in [-0.15, -0.1) is 10.2 Å². The van der Waals surface area contributed by atoms with Gasteiger partial charge in [-0.3, -0.25) is 4.79 Å². The largest absolute Gasteiger partial charge is 0.468 e. The highest BCUT2D eigenvalue weighted by Crippen LogP contribution is 2.30. The van der Waals surface area contributed by atoms with Crippen molar-refractivity contribution < 1.29 is 22.7 Å². The van der Waals surface area contributed by atoms with Crippen molar-refractivity contribution >= 4 is 27.8 Å². The molecular weight excluding hydrogens is 440 g/mol. The Labute approximate surface area is 187 Å². The smallest absolute Gasteiger partial charge is 0.318 e. The molecule has 1 saturated heterocycles. The fourth-order valence-electron chi connectivity index (χ4n) is 3.22. The summed E-state index contributed by atoms with van der Waals surface area (Å²) in [6.07, 6.45) is 0. The lowest BCUT2D eigenvalue weighted by Crippen LogP contribution is -2.40. The molecule has 170 valence electrons. The van der Waals surface area contributed by atoms with Crippen LogP contribution in [0.15, 0.2) is 34.3 Å². The molecule has 9 nitrogen and oxygen atoms in total. The van der Waals surface area contributed by atoms with Crippen LogP contribution in [0.2, 0.25) is 0 Å². The van der Waals surface area contributed by atoms with Gasteiger partial charge in [0.25, 0.3) is 0 Å². The minimum absolute atomic E-state index is 0.211. The molecular formula is C20H28N4O5S2. The van der Waals surface area contributed by atoms with Crippen LogP contribution < -0.4 is 0 Å². The molecule has 1 aliphatic heterocycles. The van der Waals surface area contributed by atoms with Gasteiger partial charge in [-0.05, 0) is 25.0 Å². The molecule has 0 bridgehead atoms. The summed E-state index contributed by atoms with van der Waals surface area (Å²) in [5.41, 5.74) is 0.653. The molecule has 0 aliphatic carbocycles. The molecule has 2 heterocycles. The van der Waals surface area contributed by atoms with Crippen LogP contribution in [-0.4, -0.2) is 72.1 Å². The van der Waals surface area contributed by atoms with Crippen LogP contribution in [0.4, 0.5) is 0 Å². The van der Waals surface area contributed by atoms with Crippen molar-refractivity contribution in [1.82, 2.24) is 19.1 Å². The number of morpholine rings is 1. The van der Waals surface area contributed by atoms with E-state index in [-0.39, 0.29) is 10.9 Å². The summed E-state index contributed by atoms with van der Waals surface area (Å²) in [5, 5.41) is 8.74. The average Bonchev–Trinajstić information content (AvgIpc) is 3.15. The third-order valence-electron chi connectivity index (χ3n) is 4.78. The number of esters is 1. The normalized spacial score (nSPS) is 16.4. The SMILES string of the molecule is COC(=O)C(C)Sc1nnc(-c2cccc(S(=O)(=O)N3CCOCC3)c2)n1CC(C)C. The van der Waals surface area contributed by atoms with E-state index in [1.807, 2.05) is 10.6 Å². The van der Waals surface area contributed by atoms with Gasteiger partial charge in [-0.2, -0.15) is 4.31 Å². The van der Waals surface area contributed by atoms with Crippen LogP contribution in [0.5, 0.6) is 0 Å². The molecule has 0 amide bonds. The Hall–Kier alpha value is -1.95. The number of rotatable bonds is 8. The van der Waals surface area contributed by atoms with Crippen LogP contribution in [0.3, 0.4) is 0 Å². The van der Waals surface area contributed by atoms with Gasteiger partial charge in [0.05, 0.1) is 25.2 Å². The van der Waals surface area contributed by atoms with E-state index in [1.165, 1.54) is 23.2 Å². The zero-order valence-corrected chi connectivity index (χ0v) is 19.8. The van der Waals surface area contributed by atoms with Crippen molar-refractivity contribution in [2.75, 3.05) is 33.4 Å². The fourth-order valence-corrected chi connectivity index (χ4v) is 5.56. The second-order valence-electron chi connectivity index (χ2n) is 7.64. The first-order chi connectivity index (χ1) is 14.7. The molecule has 0 radical (unpaired) electrons. The first-order valence-corrected chi connectivity index (χ1v) is 12.4. The predicted molar refractivity (Wildman–Crippen MR) is 117 cm³/mol. The maximum Gasteiger partial charge on any atom is 0.318 e. The number of aromatic nitrogens is 3. The van der Waals surface area contributed by atoms with Crippen molar-refractivity contribution in [2.24, 2.45) is 5.92 Å². The fraction of sp³-hybridized carbons (Fsp3) is 0.550. The van der Waals surface area contributed by atoms with E-state index < -0.39 is 15.3 Å². The first-order valence-electron chi connectivity index (χ1n) is 10.1. The molecule has 11 heteroatoms. The Morgan fingerprint density at radius 1 is 1.23 bits per heavy atom. The molecule has 0 N–H and O–H groups in total. The van der Waals surface area contributed by atoms with E-state index in [0.717, 1.165) is 0 Å². The predicted octanol–water partition coefficient (Wildman–Crippen LogP) is 2.28. The summed E-state index contributed by atoms with van der Waals surface area (Å²) in [6.45, 7) is 7.97. The number of methoxy groups -OCH3 is 1. The van der Waals surface area contributed by atoms with Crippen molar-refractivity contribution in [3.05, 3.63) is 24.3 Å². The van der Waals surface area contributed by atoms with Crippen molar-refractivity contribution in [2.45, 2.75) is 42.6 Å². The van der Waals surface area contributed by atoms with E-state index in [4.69, 9.17) is 9.47 Å². The molecule has 1 unspecified atom stereocenters. The quantitative estimate of drug-likeness (QED) is 0.429. The van der Waals surface area contributed by atoms with E-state index in [2.05, 4.69) is 24.0 Å². The van der Waals surface area contributed by atoms with Gasteiger partial charge in [0.15, 0.2) is 11.0 Å². The second kappa shape index (κ2) is 10.1. The third kappa shape index (κ3) is 5.46. The van der Waals surface area contributed by atoms with E-state index >= 15 is 0 Å². The molecule has 3 rings (SSSR count). The minimum atomic E-state index is -3.63. The molecule has 1 aromatic carbocycles. The summed E-state index contributed by atoms with van der Waals surface area (Å²) in [7, 11) is -2.27. The van der Waals surface area contributed by atoms with Gasteiger partial charge in [-0.1, -0.05) is 37.7 Å². The molecule has 1 atom stereocenters. The highest BCUT2D eigenvalue weighted by molar-refractivity contribution is 8.00. The summed E-state index contributed by atoms with van der Waals surface area (Å²) in [4.78, 5) is 12.1. The van der Waals surface area contributed by atoms with E-state index in [1.54, 1.807) is 25.1 Å². The first kappa shape index (κ1) is 23.7. The maximum atomic E-state index is 13.1. The number of hydrogen-bond donors (Lipinski definition) is 0.